The number of H-pyrrole nitrogens is 1. The minimum atomic E-state index is -0.720. The highest BCUT2D eigenvalue weighted by Gasteiger charge is 2.48. The van der Waals surface area contributed by atoms with Crippen LogP contribution < -0.4 is 15.8 Å². The molecule has 2 aliphatic heterocycles. The summed E-state index contributed by atoms with van der Waals surface area (Å²) in [6, 6.07) is 4.35. The first-order valence-electron chi connectivity index (χ1n) is 10.4. The number of carbonyl (C=O) groups excluding carboxylic acids is 3. The Hall–Kier alpha value is -3.03. The van der Waals surface area contributed by atoms with Crippen molar-refractivity contribution in [3.05, 3.63) is 29.5 Å². The molecule has 8 heteroatoms. The molecule has 1 saturated heterocycles. The first-order chi connectivity index (χ1) is 14.3. The Morgan fingerprint density at radius 1 is 1.33 bits per heavy atom. The van der Waals surface area contributed by atoms with Gasteiger partial charge in [-0.2, -0.15) is 0 Å². The van der Waals surface area contributed by atoms with Gasteiger partial charge in [0.05, 0.1) is 13.2 Å². The Morgan fingerprint density at radius 3 is 2.77 bits per heavy atom. The summed E-state index contributed by atoms with van der Waals surface area (Å²) in [7, 11) is 1.63. The van der Waals surface area contributed by atoms with Crippen molar-refractivity contribution >= 4 is 28.6 Å². The molecule has 0 saturated carbocycles. The number of ether oxygens (including phenoxy) is 1. The SMILES string of the molecule is COc1ccc2c3c([nH]c2c1)C(CC(C)C)N1C(=O)C(CCC(N)=O)NC(=O)C1C3. The molecule has 2 aliphatic rings. The number of aromatic nitrogens is 1. The monoisotopic (exact) mass is 412 g/mol. The summed E-state index contributed by atoms with van der Waals surface area (Å²) in [5.74, 6) is 0.270. The van der Waals surface area contributed by atoms with Crippen LogP contribution in [0, 0.1) is 5.92 Å². The maximum Gasteiger partial charge on any atom is 0.246 e. The minimum Gasteiger partial charge on any atom is -0.497 e. The van der Waals surface area contributed by atoms with Crippen molar-refractivity contribution in [3.8, 4) is 5.75 Å². The number of carbonyl (C=O) groups is 3. The number of methoxy groups -OCH3 is 1. The second-order valence-corrected chi connectivity index (χ2v) is 8.61. The quantitative estimate of drug-likeness (QED) is 0.670. The van der Waals surface area contributed by atoms with E-state index in [0.29, 0.717) is 12.3 Å². The molecular formula is C22H28N4O4. The van der Waals surface area contributed by atoms with Crippen LogP contribution in [-0.4, -0.2) is 46.8 Å². The number of rotatable bonds is 6. The Balaban J connectivity index is 1.78. The molecule has 3 heterocycles. The number of piperazine rings is 1. The van der Waals surface area contributed by atoms with Crippen LogP contribution >= 0.6 is 0 Å². The van der Waals surface area contributed by atoms with Crippen molar-refractivity contribution in [1.29, 1.82) is 0 Å². The van der Waals surface area contributed by atoms with Gasteiger partial charge in [0.2, 0.25) is 17.7 Å². The Kier molecular flexibility index (Phi) is 5.17. The third-order valence-corrected chi connectivity index (χ3v) is 6.09. The lowest BCUT2D eigenvalue weighted by Gasteiger charge is -2.46. The van der Waals surface area contributed by atoms with Crippen molar-refractivity contribution in [2.24, 2.45) is 11.7 Å². The number of nitrogens with two attached hydrogens (primary N) is 1. The molecule has 0 bridgehead atoms. The fraction of sp³-hybridized carbons (Fsp3) is 0.500. The molecule has 160 valence electrons. The van der Waals surface area contributed by atoms with Crippen molar-refractivity contribution in [2.75, 3.05) is 7.11 Å². The van der Waals surface area contributed by atoms with Crippen LogP contribution in [0.15, 0.2) is 18.2 Å². The van der Waals surface area contributed by atoms with Crippen LogP contribution in [0.5, 0.6) is 5.75 Å². The van der Waals surface area contributed by atoms with E-state index in [1.807, 2.05) is 18.2 Å². The fourth-order valence-corrected chi connectivity index (χ4v) is 4.73. The van der Waals surface area contributed by atoms with Crippen LogP contribution in [0.4, 0.5) is 0 Å². The van der Waals surface area contributed by atoms with Crippen LogP contribution in [0.25, 0.3) is 10.9 Å². The number of hydrogen-bond donors (Lipinski definition) is 3. The minimum absolute atomic E-state index is 0.0570. The van der Waals surface area contributed by atoms with E-state index in [1.165, 1.54) is 0 Å². The number of hydrogen-bond acceptors (Lipinski definition) is 4. The smallest absolute Gasteiger partial charge is 0.246 e. The molecule has 0 radical (unpaired) electrons. The van der Waals surface area contributed by atoms with E-state index >= 15 is 0 Å². The highest BCUT2D eigenvalue weighted by molar-refractivity contribution is 5.99. The summed E-state index contributed by atoms with van der Waals surface area (Å²) in [4.78, 5) is 42.8. The maximum atomic E-state index is 13.4. The predicted octanol–water partition coefficient (Wildman–Crippen LogP) is 1.78. The summed E-state index contributed by atoms with van der Waals surface area (Å²) in [6.45, 7) is 4.21. The van der Waals surface area contributed by atoms with Gasteiger partial charge in [-0.15, -0.1) is 0 Å². The molecule has 1 aromatic heterocycles. The number of aromatic amines is 1. The summed E-state index contributed by atoms with van der Waals surface area (Å²) in [5, 5.41) is 3.87. The van der Waals surface area contributed by atoms with Gasteiger partial charge in [-0.05, 0) is 36.5 Å². The second kappa shape index (κ2) is 7.66. The number of primary amides is 1. The van der Waals surface area contributed by atoms with Gasteiger partial charge in [0, 0.05) is 35.5 Å². The second-order valence-electron chi connectivity index (χ2n) is 8.61. The number of benzene rings is 1. The lowest BCUT2D eigenvalue weighted by atomic mass is 9.85. The largest absolute Gasteiger partial charge is 0.497 e. The van der Waals surface area contributed by atoms with Gasteiger partial charge >= 0.3 is 0 Å². The average Bonchev–Trinajstić information content (AvgIpc) is 3.06. The van der Waals surface area contributed by atoms with Gasteiger partial charge in [-0.1, -0.05) is 13.8 Å². The topological polar surface area (TPSA) is 118 Å². The standard InChI is InChI=1S/C22H28N4O4/c1-11(2)8-17-20-14(13-5-4-12(30-3)9-16(13)24-20)10-18-21(28)25-15(6-7-19(23)27)22(29)26(17)18/h4-5,9,11,15,17-18,24H,6-8,10H2,1-3H3,(H2,23,27)(H,25,28). The maximum absolute atomic E-state index is 13.4. The summed E-state index contributed by atoms with van der Waals surface area (Å²) in [6.07, 6.45) is 1.46. The van der Waals surface area contributed by atoms with Gasteiger partial charge in [-0.25, -0.2) is 0 Å². The highest BCUT2D eigenvalue weighted by atomic mass is 16.5. The molecule has 30 heavy (non-hydrogen) atoms. The molecular weight excluding hydrogens is 384 g/mol. The molecule has 1 fully saturated rings. The van der Waals surface area contributed by atoms with Crippen molar-refractivity contribution < 1.29 is 19.1 Å². The van der Waals surface area contributed by atoms with E-state index in [1.54, 1.807) is 12.0 Å². The van der Waals surface area contributed by atoms with Gasteiger partial charge in [0.25, 0.3) is 0 Å². The normalized spacial score (nSPS) is 23.3. The van der Waals surface area contributed by atoms with Gasteiger partial charge in [0.15, 0.2) is 0 Å². The van der Waals surface area contributed by atoms with Crippen LogP contribution in [0.1, 0.15) is 50.4 Å². The molecule has 0 spiro atoms. The summed E-state index contributed by atoms with van der Waals surface area (Å²) >= 11 is 0. The third-order valence-electron chi connectivity index (χ3n) is 6.09. The number of fused-ring (bicyclic) bond motifs is 4. The van der Waals surface area contributed by atoms with E-state index in [4.69, 9.17) is 10.5 Å². The first-order valence-corrected chi connectivity index (χ1v) is 10.4. The first kappa shape index (κ1) is 20.3. The van der Waals surface area contributed by atoms with Gasteiger partial charge in [-0.3, -0.25) is 14.4 Å². The zero-order chi connectivity index (χ0) is 21.6. The zero-order valence-electron chi connectivity index (χ0n) is 17.5. The van der Waals surface area contributed by atoms with Crippen molar-refractivity contribution in [1.82, 2.24) is 15.2 Å². The average molecular weight is 412 g/mol. The molecule has 4 N–H and O–H groups in total. The molecule has 2 aromatic rings. The van der Waals surface area contributed by atoms with E-state index < -0.39 is 18.0 Å². The van der Waals surface area contributed by atoms with E-state index in [0.717, 1.165) is 34.3 Å². The Bertz CT molecular complexity index is 1010. The Morgan fingerprint density at radius 2 is 2.10 bits per heavy atom. The van der Waals surface area contributed by atoms with Crippen molar-refractivity contribution in [3.63, 3.8) is 0 Å². The molecule has 3 atom stereocenters. The number of amides is 3. The summed E-state index contributed by atoms with van der Waals surface area (Å²) < 4.78 is 5.35. The third kappa shape index (κ3) is 3.40. The fourth-order valence-electron chi connectivity index (χ4n) is 4.73. The Labute approximate surface area is 175 Å². The number of nitrogens with zero attached hydrogens (tertiary/aromatic N) is 1. The van der Waals surface area contributed by atoms with E-state index in [2.05, 4.69) is 24.1 Å². The molecule has 8 nitrogen and oxygen atoms in total. The summed E-state index contributed by atoms with van der Waals surface area (Å²) in [5.41, 5.74) is 8.26. The van der Waals surface area contributed by atoms with Crippen LogP contribution in [0.2, 0.25) is 0 Å². The number of nitrogens with one attached hydrogen (secondary N) is 2. The lowest BCUT2D eigenvalue weighted by Crippen LogP contribution is -2.66. The van der Waals surface area contributed by atoms with Crippen LogP contribution in [-0.2, 0) is 20.8 Å². The molecule has 3 unspecified atom stereocenters. The highest BCUT2D eigenvalue weighted by Crippen LogP contribution is 2.42. The lowest BCUT2D eigenvalue weighted by molar-refractivity contribution is -0.154. The molecule has 1 aromatic carbocycles. The molecule has 0 aliphatic carbocycles. The predicted molar refractivity (Wildman–Crippen MR) is 112 cm³/mol. The van der Waals surface area contributed by atoms with Crippen molar-refractivity contribution in [2.45, 2.75) is 57.7 Å². The molecule has 4 rings (SSSR count). The zero-order valence-corrected chi connectivity index (χ0v) is 17.5. The van der Waals surface area contributed by atoms with E-state index in [9.17, 15) is 14.4 Å². The van der Waals surface area contributed by atoms with Gasteiger partial charge < -0.3 is 25.7 Å². The van der Waals surface area contributed by atoms with E-state index in [-0.39, 0.29) is 30.7 Å². The van der Waals surface area contributed by atoms with Crippen LogP contribution in [0.3, 0.4) is 0 Å². The molecule has 3 amide bonds. The van der Waals surface area contributed by atoms with Gasteiger partial charge in [0.1, 0.15) is 17.8 Å².